The van der Waals surface area contributed by atoms with Gasteiger partial charge in [-0.3, -0.25) is 4.79 Å². The molecule has 0 aliphatic heterocycles. The van der Waals surface area contributed by atoms with Crippen LogP contribution < -0.4 is 5.32 Å². The van der Waals surface area contributed by atoms with Gasteiger partial charge in [0, 0.05) is 16.8 Å². The van der Waals surface area contributed by atoms with Gasteiger partial charge in [0.15, 0.2) is 0 Å². The first kappa shape index (κ1) is 22.0. The Hall–Kier alpha value is -3.00. The summed E-state index contributed by atoms with van der Waals surface area (Å²) in [6.07, 6.45) is 0.324. The molecule has 142 valence electrons. The Kier molecular flexibility index (Phi) is 7.86. The van der Waals surface area contributed by atoms with Gasteiger partial charge in [-0.25, -0.2) is 0 Å². The van der Waals surface area contributed by atoms with Crippen LogP contribution in [0.4, 0.5) is 13.2 Å². The van der Waals surface area contributed by atoms with Gasteiger partial charge >= 0.3 is 6.18 Å². The smallest absolute Gasteiger partial charge is 0.323 e. The van der Waals surface area contributed by atoms with Crippen molar-refractivity contribution in [2.75, 3.05) is 0 Å². The standard InChI is InChI=1S/C22H22F3NO/c1-6-8-20(22(23,24)25)13-17(5)26-21(27)19-12-10-16(4)18(14-19)11-9-15(3)7-2/h6-8,10,12-14H,5H2,1-4H3,(H,26,27)/b8-6-,15-7+,20-13+. The predicted octanol–water partition coefficient (Wildman–Crippen LogP) is 5.62. The van der Waals surface area contributed by atoms with E-state index >= 15 is 0 Å². The molecule has 1 aromatic carbocycles. The second kappa shape index (κ2) is 9.63. The third kappa shape index (κ3) is 7.02. The number of halogens is 3. The Morgan fingerprint density at radius 1 is 1.26 bits per heavy atom. The molecule has 5 heteroatoms. The number of allylic oxidation sites excluding steroid dienone is 6. The first-order valence-corrected chi connectivity index (χ1v) is 8.26. The highest BCUT2D eigenvalue weighted by Crippen LogP contribution is 2.27. The summed E-state index contributed by atoms with van der Waals surface area (Å²) in [7, 11) is 0. The molecule has 0 heterocycles. The van der Waals surface area contributed by atoms with Crippen LogP contribution in [0.1, 0.15) is 42.3 Å². The summed E-state index contributed by atoms with van der Waals surface area (Å²) in [5.41, 5.74) is 1.71. The Morgan fingerprint density at radius 2 is 1.93 bits per heavy atom. The van der Waals surface area contributed by atoms with E-state index in [-0.39, 0.29) is 11.3 Å². The van der Waals surface area contributed by atoms with Crippen molar-refractivity contribution in [1.29, 1.82) is 0 Å². The SMILES string of the molecule is C=C(/C=C(\C=C/C)C(F)(F)F)NC(=O)c1ccc(C)c(C#C/C(C)=C/C)c1. The molecule has 0 bridgehead atoms. The van der Waals surface area contributed by atoms with Gasteiger partial charge in [0.25, 0.3) is 5.91 Å². The van der Waals surface area contributed by atoms with Gasteiger partial charge in [0.1, 0.15) is 0 Å². The van der Waals surface area contributed by atoms with E-state index in [0.29, 0.717) is 5.56 Å². The van der Waals surface area contributed by atoms with Crippen molar-refractivity contribution in [1.82, 2.24) is 5.32 Å². The molecule has 0 atom stereocenters. The van der Waals surface area contributed by atoms with Gasteiger partial charge in [-0.1, -0.05) is 42.7 Å². The lowest BCUT2D eigenvalue weighted by atomic mass is 10.0. The number of alkyl halides is 3. The quantitative estimate of drug-likeness (QED) is 0.539. The summed E-state index contributed by atoms with van der Waals surface area (Å²) in [5, 5.41) is 2.38. The highest BCUT2D eigenvalue weighted by Gasteiger charge is 2.31. The first-order chi connectivity index (χ1) is 12.6. The van der Waals surface area contributed by atoms with Gasteiger partial charge in [-0.05, 0) is 57.0 Å². The molecule has 0 saturated carbocycles. The maximum atomic E-state index is 12.9. The third-order valence-corrected chi connectivity index (χ3v) is 3.60. The minimum atomic E-state index is -4.53. The van der Waals surface area contributed by atoms with E-state index in [1.165, 1.54) is 13.0 Å². The Balaban J connectivity index is 3.06. The van der Waals surface area contributed by atoms with Crippen molar-refractivity contribution in [3.05, 3.63) is 82.6 Å². The number of nitrogens with one attached hydrogen (secondary N) is 1. The van der Waals surface area contributed by atoms with Crippen molar-refractivity contribution in [3.8, 4) is 11.8 Å². The number of amides is 1. The van der Waals surface area contributed by atoms with Crippen LogP contribution in [0.5, 0.6) is 0 Å². The minimum absolute atomic E-state index is 0.150. The van der Waals surface area contributed by atoms with Crippen LogP contribution in [0.3, 0.4) is 0 Å². The molecule has 1 aromatic rings. The summed E-state index contributed by atoms with van der Waals surface area (Å²) >= 11 is 0. The molecular formula is C22H22F3NO. The molecule has 2 nitrogen and oxygen atoms in total. The molecular weight excluding hydrogens is 351 g/mol. The molecule has 1 rings (SSSR count). The van der Waals surface area contributed by atoms with Crippen molar-refractivity contribution in [3.63, 3.8) is 0 Å². The normalized spacial score (nSPS) is 12.6. The number of aryl methyl sites for hydroxylation is 1. The van der Waals surface area contributed by atoms with E-state index in [2.05, 4.69) is 23.7 Å². The molecule has 27 heavy (non-hydrogen) atoms. The zero-order valence-electron chi connectivity index (χ0n) is 15.8. The summed E-state index contributed by atoms with van der Waals surface area (Å²) in [6, 6.07) is 4.93. The van der Waals surface area contributed by atoms with E-state index in [4.69, 9.17) is 0 Å². The first-order valence-electron chi connectivity index (χ1n) is 8.26. The lowest BCUT2D eigenvalue weighted by molar-refractivity contribution is -0.0882. The van der Waals surface area contributed by atoms with Crippen LogP contribution in [0.2, 0.25) is 0 Å². The average molecular weight is 373 g/mol. The molecule has 0 saturated heterocycles. The fraction of sp³-hybridized carbons (Fsp3) is 0.227. The van der Waals surface area contributed by atoms with Gasteiger partial charge < -0.3 is 5.32 Å². The number of carbonyl (C=O) groups excluding carboxylic acids is 1. The summed E-state index contributed by atoms with van der Waals surface area (Å²) in [5.74, 6) is 5.41. The molecule has 0 aromatic heterocycles. The number of benzene rings is 1. The molecule has 0 unspecified atom stereocenters. The fourth-order valence-electron chi connectivity index (χ4n) is 1.98. The summed E-state index contributed by atoms with van der Waals surface area (Å²) in [4.78, 5) is 12.3. The molecule has 0 spiro atoms. The van der Waals surface area contributed by atoms with Gasteiger partial charge in [-0.15, -0.1) is 0 Å². The molecule has 0 fully saturated rings. The van der Waals surface area contributed by atoms with Crippen molar-refractivity contribution < 1.29 is 18.0 Å². The lowest BCUT2D eigenvalue weighted by Crippen LogP contribution is -2.22. The predicted molar refractivity (Wildman–Crippen MR) is 103 cm³/mol. The highest BCUT2D eigenvalue weighted by atomic mass is 19.4. The summed E-state index contributed by atoms with van der Waals surface area (Å²) in [6.45, 7) is 10.6. The maximum absolute atomic E-state index is 12.9. The molecule has 0 aliphatic rings. The number of carbonyl (C=O) groups is 1. The van der Waals surface area contributed by atoms with Crippen LogP contribution in [0.15, 0.2) is 65.9 Å². The monoisotopic (exact) mass is 373 g/mol. The topological polar surface area (TPSA) is 29.1 Å². The Bertz CT molecular complexity index is 875. The van der Waals surface area contributed by atoms with Crippen LogP contribution >= 0.6 is 0 Å². The van der Waals surface area contributed by atoms with Crippen molar-refractivity contribution >= 4 is 5.91 Å². The lowest BCUT2D eigenvalue weighted by Gasteiger charge is -2.10. The largest absolute Gasteiger partial charge is 0.416 e. The van der Waals surface area contributed by atoms with Crippen molar-refractivity contribution in [2.45, 2.75) is 33.9 Å². The molecule has 0 radical (unpaired) electrons. The second-order valence-electron chi connectivity index (χ2n) is 5.83. The van der Waals surface area contributed by atoms with E-state index in [1.54, 1.807) is 18.2 Å². The van der Waals surface area contributed by atoms with E-state index in [1.807, 2.05) is 26.8 Å². The second-order valence-corrected chi connectivity index (χ2v) is 5.83. The minimum Gasteiger partial charge on any atom is -0.323 e. The van der Waals surface area contributed by atoms with Crippen LogP contribution in [-0.2, 0) is 0 Å². The summed E-state index contributed by atoms with van der Waals surface area (Å²) < 4.78 is 38.7. The van der Waals surface area contributed by atoms with Crippen LogP contribution in [0.25, 0.3) is 0 Å². The number of hydrogen-bond acceptors (Lipinski definition) is 1. The van der Waals surface area contributed by atoms with Crippen LogP contribution in [0, 0.1) is 18.8 Å². The van der Waals surface area contributed by atoms with Gasteiger partial charge in [-0.2, -0.15) is 13.2 Å². The van der Waals surface area contributed by atoms with Gasteiger partial charge in [0.05, 0.1) is 5.57 Å². The van der Waals surface area contributed by atoms with E-state index < -0.39 is 17.7 Å². The van der Waals surface area contributed by atoms with Crippen molar-refractivity contribution in [2.24, 2.45) is 0 Å². The number of hydrogen-bond donors (Lipinski definition) is 1. The maximum Gasteiger partial charge on any atom is 0.416 e. The Morgan fingerprint density at radius 3 is 2.48 bits per heavy atom. The fourth-order valence-corrected chi connectivity index (χ4v) is 1.98. The van der Waals surface area contributed by atoms with E-state index in [0.717, 1.165) is 23.3 Å². The van der Waals surface area contributed by atoms with Gasteiger partial charge in [0.2, 0.25) is 0 Å². The average Bonchev–Trinajstić information content (AvgIpc) is 2.59. The highest BCUT2D eigenvalue weighted by molar-refractivity contribution is 5.96. The third-order valence-electron chi connectivity index (χ3n) is 3.60. The zero-order valence-corrected chi connectivity index (χ0v) is 15.8. The van der Waals surface area contributed by atoms with E-state index in [9.17, 15) is 18.0 Å². The Labute approximate surface area is 158 Å². The molecule has 0 aliphatic carbocycles. The van der Waals surface area contributed by atoms with Crippen LogP contribution in [-0.4, -0.2) is 12.1 Å². The zero-order chi connectivity index (χ0) is 20.6. The number of rotatable bonds is 4. The molecule has 1 N–H and O–H groups in total. The molecule has 1 amide bonds.